The van der Waals surface area contributed by atoms with Gasteiger partial charge in [-0.15, -0.1) is 5.10 Å². The molecular formula is C16H18N6. The van der Waals surface area contributed by atoms with Crippen molar-refractivity contribution in [3.63, 3.8) is 0 Å². The second-order valence-electron chi connectivity index (χ2n) is 5.70. The van der Waals surface area contributed by atoms with Crippen molar-refractivity contribution in [3.05, 3.63) is 59.7 Å². The van der Waals surface area contributed by atoms with Crippen molar-refractivity contribution in [3.8, 4) is 0 Å². The number of rotatable bonds is 3. The maximum absolute atomic E-state index is 5.74. The summed E-state index contributed by atoms with van der Waals surface area (Å²) in [6, 6.07) is 10.5. The Morgan fingerprint density at radius 2 is 2.09 bits per heavy atom. The molecule has 0 radical (unpaired) electrons. The molecule has 1 atom stereocenters. The Labute approximate surface area is 128 Å². The fraction of sp³-hybridized carbons (Fsp3) is 0.312. The standard InChI is InChI=1S/C16H18N6/c17-16-19-15-8-4-7-14(22(15)20-16)13-9-18-21(11-13)10-12-5-2-1-3-6-12/h1-3,5-6,9,11,14H,4,7-8,10H2,(H2,17,20). The molecule has 0 bridgehead atoms. The average Bonchev–Trinajstić information content (AvgIpc) is 3.13. The zero-order valence-corrected chi connectivity index (χ0v) is 12.3. The van der Waals surface area contributed by atoms with E-state index in [0.717, 1.165) is 31.6 Å². The smallest absolute Gasteiger partial charge is 0.239 e. The molecule has 0 amide bonds. The molecule has 22 heavy (non-hydrogen) atoms. The van der Waals surface area contributed by atoms with Gasteiger partial charge in [0.2, 0.25) is 5.95 Å². The van der Waals surface area contributed by atoms with Crippen molar-refractivity contribution < 1.29 is 0 Å². The number of hydrogen-bond acceptors (Lipinski definition) is 4. The van der Waals surface area contributed by atoms with Crippen LogP contribution < -0.4 is 5.73 Å². The number of aryl methyl sites for hydroxylation is 1. The molecule has 6 nitrogen and oxygen atoms in total. The van der Waals surface area contributed by atoms with Crippen LogP contribution in [0.15, 0.2) is 42.7 Å². The molecule has 6 heteroatoms. The van der Waals surface area contributed by atoms with Crippen LogP contribution in [0.1, 0.15) is 35.8 Å². The van der Waals surface area contributed by atoms with Crippen LogP contribution in [0.4, 0.5) is 5.95 Å². The topological polar surface area (TPSA) is 74.6 Å². The van der Waals surface area contributed by atoms with E-state index in [1.54, 1.807) is 0 Å². The van der Waals surface area contributed by atoms with E-state index in [2.05, 4.69) is 33.5 Å². The third kappa shape index (κ3) is 2.36. The average molecular weight is 294 g/mol. The van der Waals surface area contributed by atoms with E-state index < -0.39 is 0 Å². The van der Waals surface area contributed by atoms with E-state index in [4.69, 9.17) is 5.73 Å². The van der Waals surface area contributed by atoms with Crippen LogP contribution in [0.2, 0.25) is 0 Å². The normalized spacial score (nSPS) is 17.4. The van der Waals surface area contributed by atoms with Crippen LogP contribution in [0, 0.1) is 0 Å². The molecular weight excluding hydrogens is 276 g/mol. The fourth-order valence-corrected chi connectivity index (χ4v) is 3.09. The van der Waals surface area contributed by atoms with Crippen molar-refractivity contribution in [2.45, 2.75) is 31.8 Å². The van der Waals surface area contributed by atoms with E-state index in [9.17, 15) is 0 Å². The molecule has 112 valence electrons. The van der Waals surface area contributed by atoms with E-state index in [1.807, 2.05) is 33.8 Å². The number of anilines is 1. The molecule has 1 aliphatic rings. The highest BCUT2D eigenvalue weighted by Crippen LogP contribution is 2.29. The highest BCUT2D eigenvalue weighted by Gasteiger charge is 2.25. The van der Waals surface area contributed by atoms with Crippen LogP contribution in [-0.2, 0) is 13.0 Å². The minimum absolute atomic E-state index is 0.193. The summed E-state index contributed by atoms with van der Waals surface area (Å²) in [5.74, 6) is 1.34. The van der Waals surface area contributed by atoms with E-state index in [1.165, 1.54) is 11.1 Å². The first-order valence-corrected chi connectivity index (χ1v) is 7.57. The fourth-order valence-electron chi connectivity index (χ4n) is 3.09. The van der Waals surface area contributed by atoms with Gasteiger partial charge in [0.1, 0.15) is 5.82 Å². The summed E-state index contributed by atoms with van der Waals surface area (Å²) in [7, 11) is 0. The molecule has 1 aliphatic heterocycles. The lowest BCUT2D eigenvalue weighted by Gasteiger charge is -2.22. The SMILES string of the molecule is Nc1nc2n(n1)C(c1cnn(Cc3ccccc3)c1)CCC2. The monoisotopic (exact) mass is 294 g/mol. The van der Waals surface area contributed by atoms with Crippen LogP contribution in [-0.4, -0.2) is 24.5 Å². The van der Waals surface area contributed by atoms with Gasteiger partial charge in [-0.2, -0.15) is 10.1 Å². The van der Waals surface area contributed by atoms with Gasteiger partial charge in [0.05, 0.1) is 18.8 Å². The number of nitrogen functional groups attached to an aromatic ring is 1. The van der Waals surface area contributed by atoms with Gasteiger partial charge < -0.3 is 5.73 Å². The first-order chi connectivity index (χ1) is 10.8. The van der Waals surface area contributed by atoms with Gasteiger partial charge in [-0.1, -0.05) is 30.3 Å². The summed E-state index contributed by atoms with van der Waals surface area (Å²) in [5.41, 5.74) is 8.15. The van der Waals surface area contributed by atoms with Gasteiger partial charge in [0.25, 0.3) is 0 Å². The Morgan fingerprint density at radius 3 is 2.95 bits per heavy atom. The highest BCUT2D eigenvalue weighted by atomic mass is 15.4. The van der Waals surface area contributed by atoms with Crippen LogP contribution in [0.25, 0.3) is 0 Å². The molecule has 1 aromatic carbocycles. The predicted molar refractivity (Wildman–Crippen MR) is 83.3 cm³/mol. The zero-order chi connectivity index (χ0) is 14.9. The lowest BCUT2D eigenvalue weighted by Crippen LogP contribution is -2.20. The molecule has 2 N–H and O–H groups in total. The number of fused-ring (bicyclic) bond motifs is 1. The van der Waals surface area contributed by atoms with Gasteiger partial charge >= 0.3 is 0 Å². The quantitative estimate of drug-likeness (QED) is 0.802. The maximum Gasteiger partial charge on any atom is 0.239 e. The molecule has 0 saturated carbocycles. The molecule has 1 unspecified atom stereocenters. The van der Waals surface area contributed by atoms with Crippen molar-refractivity contribution in [2.75, 3.05) is 5.73 Å². The molecule has 0 saturated heterocycles. The minimum atomic E-state index is 0.193. The summed E-state index contributed by atoms with van der Waals surface area (Å²) in [6.07, 6.45) is 7.13. The summed E-state index contributed by atoms with van der Waals surface area (Å²) >= 11 is 0. The minimum Gasteiger partial charge on any atom is -0.366 e. The Kier molecular flexibility index (Phi) is 3.14. The Balaban J connectivity index is 1.60. The molecule has 0 fully saturated rings. The summed E-state index contributed by atoms with van der Waals surface area (Å²) in [6.45, 7) is 0.778. The first-order valence-electron chi connectivity index (χ1n) is 7.57. The van der Waals surface area contributed by atoms with Gasteiger partial charge in [0.15, 0.2) is 0 Å². The third-order valence-corrected chi connectivity index (χ3v) is 4.12. The van der Waals surface area contributed by atoms with Gasteiger partial charge in [-0.05, 0) is 18.4 Å². The third-order valence-electron chi connectivity index (χ3n) is 4.12. The molecule has 0 spiro atoms. The van der Waals surface area contributed by atoms with Gasteiger partial charge in [-0.25, -0.2) is 4.68 Å². The molecule has 3 heterocycles. The lowest BCUT2D eigenvalue weighted by molar-refractivity contribution is 0.412. The number of nitrogens with two attached hydrogens (primary N) is 1. The second kappa shape index (κ2) is 5.29. The Morgan fingerprint density at radius 1 is 1.23 bits per heavy atom. The summed E-state index contributed by atoms with van der Waals surface area (Å²) < 4.78 is 3.93. The number of hydrogen-bond donors (Lipinski definition) is 1. The molecule has 0 aliphatic carbocycles. The largest absolute Gasteiger partial charge is 0.366 e. The highest BCUT2D eigenvalue weighted by molar-refractivity contribution is 5.21. The molecule has 4 rings (SSSR count). The van der Waals surface area contributed by atoms with E-state index in [-0.39, 0.29) is 6.04 Å². The van der Waals surface area contributed by atoms with Crippen LogP contribution >= 0.6 is 0 Å². The maximum atomic E-state index is 5.74. The summed E-state index contributed by atoms with van der Waals surface area (Å²) in [4.78, 5) is 4.30. The molecule has 3 aromatic rings. The zero-order valence-electron chi connectivity index (χ0n) is 12.3. The second-order valence-corrected chi connectivity index (χ2v) is 5.70. The van der Waals surface area contributed by atoms with E-state index in [0.29, 0.717) is 5.95 Å². The number of aromatic nitrogens is 5. The predicted octanol–water partition coefficient (Wildman–Crippen LogP) is 2.03. The van der Waals surface area contributed by atoms with Crippen molar-refractivity contribution in [1.82, 2.24) is 24.5 Å². The number of nitrogens with zero attached hydrogens (tertiary/aromatic N) is 5. The van der Waals surface area contributed by atoms with E-state index >= 15 is 0 Å². The Bertz CT molecular complexity index is 773. The van der Waals surface area contributed by atoms with Crippen molar-refractivity contribution in [2.24, 2.45) is 0 Å². The summed E-state index contributed by atoms with van der Waals surface area (Å²) in [5, 5.41) is 8.84. The van der Waals surface area contributed by atoms with Gasteiger partial charge in [-0.3, -0.25) is 4.68 Å². The van der Waals surface area contributed by atoms with Crippen LogP contribution in [0.5, 0.6) is 0 Å². The van der Waals surface area contributed by atoms with Crippen molar-refractivity contribution in [1.29, 1.82) is 0 Å². The van der Waals surface area contributed by atoms with Gasteiger partial charge in [0, 0.05) is 18.2 Å². The van der Waals surface area contributed by atoms with Crippen LogP contribution in [0.3, 0.4) is 0 Å². The number of benzene rings is 1. The van der Waals surface area contributed by atoms with Crippen molar-refractivity contribution >= 4 is 5.95 Å². The Hall–Kier alpha value is -2.63. The first kappa shape index (κ1) is 13.1. The lowest BCUT2D eigenvalue weighted by atomic mass is 10.0. The molecule has 2 aromatic heterocycles.